The topological polar surface area (TPSA) is 66.9 Å². The van der Waals surface area contributed by atoms with E-state index < -0.39 is 17.5 Å². The zero-order chi connectivity index (χ0) is 18.7. The van der Waals surface area contributed by atoms with Gasteiger partial charge in [-0.25, -0.2) is 18.7 Å². The van der Waals surface area contributed by atoms with Gasteiger partial charge >= 0.3 is 0 Å². The quantitative estimate of drug-likeness (QED) is 0.730. The van der Waals surface area contributed by atoms with Crippen molar-refractivity contribution in [1.29, 1.82) is 0 Å². The average Bonchev–Trinajstić information content (AvgIpc) is 2.57. The Morgan fingerprint density at radius 2 is 1.65 bits per heavy atom. The van der Waals surface area contributed by atoms with E-state index in [9.17, 15) is 13.6 Å². The lowest BCUT2D eigenvalue weighted by atomic mass is 10.1. The van der Waals surface area contributed by atoms with Crippen molar-refractivity contribution in [2.45, 2.75) is 13.8 Å². The van der Waals surface area contributed by atoms with Crippen molar-refractivity contribution in [2.24, 2.45) is 0 Å². The van der Waals surface area contributed by atoms with E-state index in [1.54, 1.807) is 0 Å². The molecule has 0 atom stereocenters. The zero-order valence-corrected chi connectivity index (χ0v) is 14.2. The molecule has 3 rings (SSSR count). The lowest BCUT2D eigenvalue weighted by molar-refractivity contribution is 0.102. The molecule has 0 spiro atoms. The van der Waals surface area contributed by atoms with Crippen LogP contribution in [0.25, 0.3) is 0 Å². The molecule has 1 heterocycles. The Balaban J connectivity index is 1.77. The molecule has 26 heavy (non-hydrogen) atoms. The molecule has 0 aliphatic carbocycles. The minimum absolute atomic E-state index is 0.0941. The van der Waals surface area contributed by atoms with Crippen LogP contribution in [0.2, 0.25) is 0 Å². The summed E-state index contributed by atoms with van der Waals surface area (Å²) in [5.74, 6) is -2.32. The van der Waals surface area contributed by atoms with Gasteiger partial charge in [0.1, 0.15) is 5.69 Å². The number of rotatable bonds is 4. The Morgan fingerprint density at radius 3 is 2.35 bits per heavy atom. The van der Waals surface area contributed by atoms with Gasteiger partial charge in [0.2, 0.25) is 5.95 Å². The van der Waals surface area contributed by atoms with Crippen molar-refractivity contribution in [2.75, 3.05) is 10.6 Å². The van der Waals surface area contributed by atoms with Crippen LogP contribution in [0.3, 0.4) is 0 Å². The zero-order valence-electron chi connectivity index (χ0n) is 14.2. The molecule has 5 nitrogen and oxygen atoms in total. The third-order valence-electron chi connectivity index (χ3n) is 3.54. The molecule has 3 aromatic rings. The molecule has 0 fully saturated rings. The highest BCUT2D eigenvalue weighted by Crippen LogP contribution is 2.18. The molecular formula is C19H16F2N4O. The third kappa shape index (κ3) is 4.18. The molecule has 0 aliphatic rings. The lowest BCUT2D eigenvalue weighted by Gasteiger charge is -2.09. The fourth-order valence-electron chi connectivity index (χ4n) is 2.49. The molecule has 0 aliphatic heterocycles. The number of nitrogens with zero attached hydrogens (tertiary/aromatic N) is 2. The van der Waals surface area contributed by atoms with Crippen LogP contribution in [0.5, 0.6) is 0 Å². The van der Waals surface area contributed by atoms with Crippen molar-refractivity contribution < 1.29 is 13.6 Å². The van der Waals surface area contributed by atoms with E-state index in [1.807, 2.05) is 32.0 Å². The second kappa shape index (κ2) is 7.26. The fraction of sp³-hybridized carbons (Fsp3) is 0.105. The first-order chi connectivity index (χ1) is 12.4. The number of aromatic nitrogens is 2. The van der Waals surface area contributed by atoms with E-state index >= 15 is 0 Å². The molecule has 7 heteroatoms. The van der Waals surface area contributed by atoms with Crippen LogP contribution >= 0.6 is 0 Å². The maximum absolute atomic E-state index is 13.2. The summed E-state index contributed by atoms with van der Waals surface area (Å²) >= 11 is 0. The van der Waals surface area contributed by atoms with Crippen molar-refractivity contribution >= 4 is 23.2 Å². The van der Waals surface area contributed by atoms with Gasteiger partial charge in [-0.3, -0.25) is 4.79 Å². The number of anilines is 3. The van der Waals surface area contributed by atoms with Crippen molar-refractivity contribution in [3.8, 4) is 0 Å². The number of amides is 1. The highest BCUT2D eigenvalue weighted by Gasteiger charge is 2.11. The molecule has 2 N–H and O–H groups in total. The molecular weight excluding hydrogens is 338 g/mol. The highest BCUT2D eigenvalue weighted by molar-refractivity contribution is 6.03. The SMILES string of the molecule is Cc1cc(C)cc(Nc2nccc(C(=O)Nc3ccc(F)c(F)c3)n2)c1. The number of carbonyl (C=O) groups excluding carboxylic acids is 1. The van der Waals surface area contributed by atoms with Gasteiger partial charge < -0.3 is 10.6 Å². The number of nitrogens with one attached hydrogen (secondary N) is 2. The molecule has 0 saturated carbocycles. The first-order valence-electron chi connectivity index (χ1n) is 7.85. The Bertz CT molecular complexity index is 955. The molecule has 132 valence electrons. The van der Waals surface area contributed by atoms with Crippen molar-refractivity contribution in [1.82, 2.24) is 9.97 Å². The number of aryl methyl sites for hydroxylation is 2. The normalized spacial score (nSPS) is 10.5. The van der Waals surface area contributed by atoms with Crippen LogP contribution < -0.4 is 10.6 Å². The highest BCUT2D eigenvalue weighted by atomic mass is 19.2. The predicted octanol–water partition coefficient (Wildman–Crippen LogP) is 4.37. The summed E-state index contributed by atoms with van der Waals surface area (Å²) in [5.41, 5.74) is 3.20. The van der Waals surface area contributed by atoms with Gasteiger partial charge in [-0.05, 0) is 55.3 Å². The van der Waals surface area contributed by atoms with E-state index in [-0.39, 0.29) is 17.3 Å². The minimum Gasteiger partial charge on any atom is -0.324 e. The summed E-state index contributed by atoms with van der Waals surface area (Å²) in [7, 11) is 0. The Labute approximate surface area is 149 Å². The molecule has 2 aromatic carbocycles. The molecule has 0 radical (unpaired) electrons. The maximum atomic E-state index is 13.2. The predicted molar refractivity (Wildman–Crippen MR) is 95.5 cm³/mol. The first kappa shape index (κ1) is 17.5. The standard InChI is InChI=1S/C19H16F2N4O/c1-11-7-12(2)9-14(8-11)24-19-22-6-5-17(25-19)18(26)23-13-3-4-15(20)16(21)10-13/h3-10H,1-2H3,(H,23,26)(H,22,24,25). The van der Waals surface area contributed by atoms with E-state index in [1.165, 1.54) is 18.3 Å². The fourth-order valence-corrected chi connectivity index (χ4v) is 2.49. The number of hydrogen-bond donors (Lipinski definition) is 2. The van der Waals surface area contributed by atoms with Crippen LogP contribution in [0.1, 0.15) is 21.6 Å². The number of hydrogen-bond acceptors (Lipinski definition) is 4. The summed E-state index contributed by atoms with van der Waals surface area (Å²) in [5, 5.41) is 5.52. The Kier molecular flexibility index (Phi) is 4.88. The third-order valence-corrected chi connectivity index (χ3v) is 3.54. The number of halogens is 2. The first-order valence-corrected chi connectivity index (χ1v) is 7.85. The van der Waals surface area contributed by atoms with Gasteiger partial charge in [0, 0.05) is 23.6 Å². The maximum Gasteiger partial charge on any atom is 0.274 e. The van der Waals surface area contributed by atoms with E-state index in [4.69, 9.17) is 0 Å². The second-order valence-electron chi connectivity index (χ2n) is 5.85. The van der Waals surface area contributed by atoms with Crippen LogP contribution in [-0.2, 0) is 0 Å². The summed E-state index contributed by atoms with van der Waals surface area (Å²) in [4.78, 5) is 20.5. The summed E-state index contributed by atoms with van der Waals surface area (Å²) < 4.78 is 26.2. The van der Waals surface area contributed by atoms with E-state index in [0.29, 0.717) is 0 Å². The number of carbonyl (C=O) groups is 1. The largest absolute Gasteiger partial charge is 0.324 e. The van der Waals surface area contributed by atoms with Gasteiger partial charge in [0.05, 0.1) is 0 Å². The van der Waals surface area contributed by atoms with Crippen molar-refractivity contribution in [3.05, 3.63) is 77.1 Å². The Morgan fingerprint density at radius 1 is 0.923 bits per heavy atom. The van der Waals surface area contributed by atoms with Gasteiger partial charge in [-0.2, -0.15) is 0 Å². The van der Waals surface area contributed by atoms with Crippen LogP contribution in [0, 0.1) is 25.5 Å². The van der Waals surface area contributed by atoms with E-state index in [2.05, 4.69) is 20.6 Å². The number of benzene rings is 2. The van der Waals surface area contributed by atoms with Gasteiger partial charge in [-0.1, -0.05) is 6.07 Å². The summed E-state index contributed by atoms with van der Waals surface area (Å²) in [6.07, 6.45) is 1.44. The second-order valence-corrected chi connectivity index (χ2v) is 5.85. The van der Waals surface area contributed by atoms with E-state index in [0.717, 1.165) is 28.9 Å². The molecule has 0 bridgehead atoms. The average molecular weight is 354 g/mol. The monoisotopic (exact) mass is 354 g/mol. The molecule has 1 aromatic heterocycles. The molecule has 1 amide bonds. The van der Waals surface area contributed by atoms with Crippen LogP contribution in [-0.4, -0.2) is 15.9 Å². The van der Waals surface area contributed by atoms with Gasteiger partial charge in [-0.15, -0.1) is 0 Å². The molecule has 0 saturated heterocycles. The summed E-state index contributed by atoms with van der Waals surface area (Å²) in [6, 6.07) is 10.5. The lowest BCUT2D eigenvalue weighted by Crippen LogP contribution is -2.15. The van der Waals surface area contributed by atoms with Crippen LogP contribution in [0.15, 0.2) is 48.7 Å². The van der Waals surface area contributed by atoms with Crippen molar-refractivity contribution in [3.63, 3.8) is 0 Å². The summed E-state index contributed by atoms with van der Waals surface area (Å²) in [6.45, 7) is 3.95. The Hall–Kier alpha value is -3.35. The minimum atomic E-state index is -1.04. The molecule has 0 unspecified atom stereocenters. The van der Waals surface area contributed by atoms with Crippen LogP contribution in [0.4, 0.5) is 26.1 Å². The van der Waals surface area contributed by atoms with Gasteiger partial charge in [0.25, 0.3) is 5.91 Å². The smallest absolute Gasteiger partial charge is 0.274 e. The van der Waals surface area contributed by atoms with Gasteiger partial charge in [0.15, 0.2) is 11.6 Å².